The Balaban J connectivity index is 2.02. The summed E-state index contributed by atoms with van der Waals surface area (Å²) in [6.45, 7) is 3.73. The minimum Gasteiger partial charge on any atom is -0.507 e. The maximum absolute atomic E-state index is 13.3. The lowest BCUT2D eigenvalue weighted by molar-refractivity contribution is -0.146. The van der Waals surface area contributed by atoms with Crippen LogP contribution in [0.2, 0.25) is 0 Å². The fraction of sp³-hybridized carbons (Fsp3) is 0.400. The smallest absolute Gasteiger partial charge is 0.302 e. The molecule has 0 aromatic heterocycles. The summed E-state index contributed by atoms with van der Waals surface area (Å²) in [6, 6.07) is 6.28. The van der Waals surface area contributed by atoms with E-state index in [0.29, 0.717) is 34.3 Å². The highest BCUT2D eigenvalue weighted by atomic mass is 79.9. The molecule has 1 aliphatic heterocycles. The second kappa shape index (κ2) is 11.5. The number of hydrogen-bond acceptors (Lipinski definition) is 8. The molecule has 2 N–H and O–H groups in total. The quantitative estimate of drug-likeness (QED) is 0.236. The van der Waals surface area contributed by atoms with Crippen LogP contribution in [-0.2, 0) is 9.53 Å². The van der Waals surface area contributed by atoms with Crippen LogP contribution < -0.4 is 14.8 Å². The number of ketones is 2. The summed E-state index contributed by atoms with van der Waals surface area (Å²) in [5.41, 5.74) is 0.669. The van der Waals surface area contributed by atoms with E-state index in [1.807, 2.05) is 0 Å². The molecule has 0 amide bonds. The number of benzene rings is 2. The van der Waals surface area contributed by atoms with Gasteiger partial charge in [-0.3, -0.25) is 14.4 Å². The van der Waals surface area contributed by atoms with Crippen LogP contribution in [0.5, 0.6) is 17.2 Å². The molecule has 2 aromatic rings. The molecule has 0 bridgehead atoms. The van der Waals surface area contributed by atoms with Crippen LogP contribution in [-0.4, -0.2) is 55.6 Å². The van der Waals surface area contributed by atoms with Crippen molar-refractivity contribution in [1.82, 2.24) is 5.32 Å². The molecular weight excluding hydrogens is 586 g/mol. The third kappa shape index (κ3) is 5.87. The van der Waals surface area contributed by atoms with Crippen LogP contribution in [0.15, 0.2) is 33.2 Å². The first kappa shape index (κ1) is 27.2. The van der Waals surface area contributed by atoms with E-state index < -0.39 is 30.1 Å². The highest BCUT2D eigenvalue weighted by Gasteiger charge is 2.39. The van der Waals surface area contributed by atoms with Gasteiger partial charge in [0, 0.05) is 39.0 Å². The van der Waals surface area contributed by atoms with Crippen molar-refractivity contribution >= 4 is 49.4 Å². The number of ether oxygens (including phenoxy) is 3. The predicted molar refractivity (Wildman–Crippen MR) is 137 cm³/mol. The Morgan fingerprint density at radius 2 is 1.80 bits per heavy atom. The van der Waals surface area contributed by atoms with E-state index in [4.69, 9.17) is 14.2 Å². The third-order valence-electron chi connectivity index (χ3n) is 6.03. The van der Waals surface area contributed by atoms with Gasteiger partial charge < -0.3 is 24.6 Å². The Hall–Kier alpha value is -2.43. The average molecular weight is 613 g/mol. The number of halogens is 2. The maximum atomic E-state index is 13.3. The zero-order chi connectivity index (χ0) is 25.9. The van der Waals surface area contributed by atoms with Crippen molar-refractivity contribution in [3.63, 3.8) is 0 Å². The Kier molecular flexibility index (Phi) is 8.95. The summed E-state index contributed by atoms with van der Waals surface area (Å²) >= 11 is 6.69. The Labute approximate surface area is 220 Å². The zero-order valence-corrected chi connectivity index (χ0v) is 23.0. The number of methoxy groups -OCH3 is 2. The molecule has 10 heteroatoms. The van der Waals surface area contributed by atoms with Crippen molar-refractivity contribution in [3.05, 3.63) is 49.9 Å². The summed E-state index contributed by atoms with van der Waals surface area (Å²) < 4.78 is 17.6. The van der Waals surface area contributed by atoms with E-state index in [1.54, 1.807) is 25.1 Å². The number of phenolic OH excluding ortho intramolecular Hbond substituents is 1. The van der Waals surface area contributed by atoms with Gasteiger partial charge in [0.15, 0.2) is 11.6 Å². The first-order valence-corrected chi connectivity index (χ1v) is 12.6. The van der Waals surface area contributed by atoms with Crippen LogP contribution in [0, 0.1) is 0 Å². The van der Waals surface area contributed by atoms with Crippen LogP contribution in [0.3, 0.4) is 0 Å². The minimum atomic E-state index is -0.585. The van der Waals surface area contributed by atoms with E-state index in [2.05, 4.69) is 37.2 Å². The normalized spacial score (nSPS) is 18.1. The number of hydrogen-bond donors (Lipinski definition) is 2. The fourth-order valence-electron chi connectivity index (χ4n) is 4.52. The molecule has 0 radical (unpaired) electrons. The molecule has 2 aromatic carbocycles. The maximum Gasteiger partial charge on any atom is 0.302 e. The first-order valence-electron chi connectivity index (χ1n) is 11.0. The Morgan fingerprint density at radius 3 is 2.40 bits per heavy atom. The molecule has 3 unspecified atom stereocenters. The van der Waals surface area contributed by atoms with Gasteiger partial charge in [0.2, 0.25) is 0 Å². The summed E-state index contributed by atoms with van der Waals surface area (Å²) in [5.74, 6) is -1.58. The van der Waals surface area contributed by atoms with Gasteiger partial charge in [-0.1, -0.05) is 31.9 Å². The number of aromatic hydroxyl groups is 1. The molecule has 3 atom stereocenters. The summed E-state index contributed by atoms with van der Waals surface area (Å²) in [5, 5.41) is 14.7. The van der Waals surface area contributed by atoms with E-state index in [1.165, 1.54) is 27.2 Å². The van der Waals surface area contributed by atoms with Gasteiger partial charge in [-0.05, 0) is 38.1 Å². The highest BCUT2D eigenvalue weighted by molar-refractivity contribution is 9.11. The number of Topliss-reactive ketones (excluding diaryl/α,β-unsaturated/α-hetero) is 2. The largest absolute Gasteiger partial charge is 0.507 e. The molecule has 0 aliphatic carbocycles. The first-order chi connectivity index (χ1) is 16.6. The van der Waals surface area contributed by atoms with Crippen molar-refractivity contribution in [1.29, 1.82) is 0 Å². The van der Waals surface area contributed by atoms with Gasteiger partial charge in [0.1, 0.15) is 28.9 Å². The summed E-state index contributed by atoms with van der Waals surface area (Å²) in [4.78, 5) is 37.7. The molecular formula is C25H27Br2NO7. The van der Waals surface area contributed by atoms with Crippen LogP contribution in [0.25, 0.3) is 0 Å². The second-order valence-corrected chi connectivity index (χ2v) is 10.0. The SMILES string of the molecule is COc1cc(OC)c(C2CCNC2C(C)OC(C)=O)c(O)c1C(=O)CC(=O)c1ccc(Br)cc1Br. The van der Waals surface area contributed by atoms with Crippen LogP contribution in [0.1, 0.15) is 58.9 Å². The number of esters is 1. The lowest BCUT2D eigenvalue weighted by Gasteiger charge is -2.28. The number of carbonyl (C=O) groups excluding carboxylic acids is 3. The van der Waals surface area contributed by atoms with E-state index in [9.17, 15) is 19.5 Å². The lowest BCUT2D eigenvalue weighted by Crippen LogP contribution is -2.39. The number of nitrogens with one attached hydrogen (secondary N) is 1. The zero-order valence-electron chi connectivity index (χ0n) is 19.8. The molecule has 3 rings (SSSR count). The second-order valence-electron chi connectivity index (χ2n) is 8.26. The molecule has 8 nitrogen and oxygen atoms in total. The van der Waals surface area contributed by atoms with Gasteiger partial charge in [-0.15, -0.1) is 0 Å². The van der Waals surface area contributed by atoms with Crippen molar-refractivity contribution in [2.45, 2.75) is 44.8 Å². The van der Waals surface area contributed by atoms with E-state index in [0.717, 1.165) is 4.47 Å². The molecule has 1 saturated heterocycles. The number of carbonyl (C=O) groups is 3. The standard InChI is InChI=1S/C25H27Br2NO7/c1-12(35-13(2)29)24-16(7-8-28-24)22-20(33-3)11-21(34-4)23(25(22)32)19(31)10-18(30)15-6-5-14(26)9-17(15)27/h5-6,9,11-12,16,24,28,32H,7-8,10H2,1-4H3. The minimum absolute atomic E-state index is 0.0873. The fourth-order valence-corrected chi connectivity index (χ4v) is 5.79. The van der Waals surface area contributed by atoms with Crippen LogP contribution >= 0.6 is 31.9 Å². The third-order valence-corrected chi connectivity index (χ3v) is 7.18. The van der Waals surface area contributed by atoms with Gasteiger partial charge in [0.05, 0.1) is 26.7 Å². The molecule has 35 heavy (non-hydrogen) atoms. The van der Waals surface area contributed by atoms with Gasteiger partial charge in [0.25, 0.3) is 0 Å². The topological polar surface area (TPSA) is 111 Å². The van der Waals surface area contributed by atoms with Crippen molar-refractivity contribution < 1.29 is 33.7 Å². The molecule has 0 spiro atoms. The molecule has 188 valence electrons. The highest BCUT2D eigenvalue weighted by Crippen LogP contribution is 2.47. The lowest BCUT2D eigenvalue weighted by atomic mass is 9.85. The van der Waals surface area contributed by atoms with Gasteiger partial charge >= 0.3 is 5.97 Å². The number of rotatable bonds is 9. The predicted octanol–water partition coefficient (Wildman–Crippen LogP) is 4.79. The van der Waals surface area contributed by atoms with Crippen molar-refractivity contribution in [2.24, 2.45) is 0 Å². The molecule has 1 aliphatic rings. The van der Waals surface area contributed by atoms with Crippen molar-refractivity contribution in [3.8, 4) is 17.2 Å². The number of phenols is 1. The summed E-state index contributed by atoms with van der Waals surface area (Å²) in [7, 11) is 2.83. The Bertz CT molecular complexity index is 1150. The molecule has 0 saturated carbocycles. The van der Waals surface area contributed by atoms with E-state index >= 15 is 0 Å². The van der Waals surface area contributed by atoms with Gasteiger partial charge in [-0.25, -0.2) is 0 Å². The molecule has 1 fully saturated rings. The van der Waals surface area contributed by atoms with Crippen LogP contribution in [0.4, 0.5) is 0 Å². The monoisotopic (exact) mass is 611 g/mol. The molecule has 1 heterocycles. The average Bonchev–Trinajstić information content (AvgIpc) is 3.27. The Morgan fingerprint density at radius 1 is 1.11 bits per heavy atom. The van der Waals surface area contributed by atoms with Gasteiger partial charge in [-0.2, -0.15) is 0 Å². The summed E-state index contributed by atoms with van der Waals surface area (Å²) in [6.07, 6.45) is -0.335. The van der Waals surface area contributed by atoms with Crippen molar-refractivity contribution in [2.75, 3.05) is 20.8 Å². The van der Waals surface area contributed by atoms with E-state index in [-0.39, 0.29) is 29.0 Å².